The van der Waals surface area contributed by atoms with Crippen molar-refractivity contribution < 1.29 is 5.21 Å². The number of nitrogens with zero attached hydrogens (tertiary/aromatic N) is 1. The Balaban J connectivity index is 2.00. The van der Waals surface area contributed by atoms with Gasteiger partial charge >= 0.3 is 0 Å². The zero-order valence-corrected chi connectivity index (χ0v) is 13.6. The molecule has 0 saturated heterocycles. The van der Waals surface area contributed by atoms with E-state index in [2.05, 4.69) is 72.8 Å². The number of hydrogen-bond donors (Lipinski definition) is 1. The van der Waals surface area contributed by atoms with Gasteiger partial charge in [-0.1, -0.05) is 79.7 Å². The highest BCUT2D eigenvalue weighted by molar-refractivity contribution is 5.71. The van der Waals surface area contributed by atoms with Crippen molar-refractivity contribution in [1.82, 2.24) is 5.06 Å². The summed E-state index contributed by atoms with van der Waals surface area (Å²) in [5, 5.41) is 12.6. The molecule has 0 atom stereocenters. The summed E-state index contributed by atoms with van der Waals surface area (Å²) in [5.41, 5.74) is 6.92. The van der Waals surface area contributed by atoms with E-state index in [1.807, 2.05) is 6.92 Å². The van der Waals surface area contributed by atoms with Gasteiger partial charge in [0.2, 0.25) is 0 Å². The van der Waals surface area contributed by atoms with Gasteiger partial charge < -0.3 is 5.21 Å². The summed E-state index contributed by atoms with van der Waals surface area (Å²) in [6.07, 6.45) is 0. The van der Waals surface area contributed by atoms with Crippen LogP contribution in [0.25, 0.3) is 0 Å². The Morgan fingerprint density at radius 1 is 0.750 bits per heavy atom. The monoisotopic (exact) mass is 313 g/mol. The van der Waals surface area contributed by atoms with Crippen LogP contribution in [0.5, 0.6) is 0 Å². The molecule has 2 heteroatoms. The molecule has 3 aliphatic carbocycles. The molecule has 3 aromatic rings. The van der Waals surface area contributed by atoms with Gasteiger partial charge in [-0.05, 0) is 33.4 Å². The Bertz CT molecular complexity index is 830. The highest BCUT2D eigenvalue weighted by atomic mass is 16.5. The minimum atomic E-state index is -0.618. The third kappa shape index (κ3) is 1.44. The number of hydroxylamine groups is 2. The molecule has 1 N–H and O–H groups in total. The third-order valence-corrected chi connectivity index (χ3v) is 5.67. The molecule has 3 aliphatic rings. The lowest BCUT2D eigenvalue weighted by molar-refractivity contribution is -0.147. The Morgan fingerprint density at radius 3 is 1.50 bits per heavy atom. The molecule has 24 heavy (non-hydrogen) atoms. The Kier molecular flexibility index (Phi) is 2.79. The normalized spacial score (nSPS) is 22.9. The van der Waals surface area contributed by atoms with Crippen LogP contribution in [0.2, 0.25) is 0 Å². The molecule has 0 aromatic heterocycles. The van der Waals surface area contributed by atoms with E-state index in [9.17, 15) is 5.21 Å². The molecule has 0 fully saturated rings. The van der Waals surface area contributed by atoms with Crippen LogP contribution < -0.4 is 0 Å². The summed E-state index contributed by atoms with van der Waals surface area (Å²) in [6, 6.07) is 25.7. The predicted molar refractivity (Wildman–Crippen MR) is 94.3 cm³/mol. The lowest BCUT2D eigenvalue weighted by atomic mass is 9.57. The molecular weight excluding hydrogens is 294 g/mol. The molecule has 0 unspecified atom stereocenters. The van der Waals surface area contributed by atoms with Crippen molar-refractivity contribution in [3.63, 3.8) is 0 Å². The molecule has 0 aliphatic heterocycles. The van der Waals surface area contributed by atoms with E-state index in [4.69, 9.17) is 0 Å². The van der Waals surface area contributed by atoms with E-state index >= 15 is 0 Å². The van der Waals surface area contributed by atoms with Gasteiger partial charge in [0.1, 0.15) is 5.54 Å². The summed E-state index contributed by atoms with van der Waals surface area (Å²) in [6.45, 7) is 2.56. The van der Waals surface area contributed by atoms with Crippen LogP contribution in [0, 0.1) is 0 Å². The molecule has 3 aromatic carbocycles. The summed E-state index contributed by atoms with van der Waals surface area (Å²) >= 11 is 0. The second kappa shape index (κ2) is 4.79. The van der Waals surface area contributed by atoms with Gasteiger partial charge in [-0.3, -0.25) is 0 Å². The van der Waals surface area contributed by atoms with E-state index in [0.29, 0.717) is 6.54 Å². The standard InChI is InChI=1S/C22H19NO/c1-2-23(24)22-18-12-6-3-9-15(18)21(16-10-4-7-13-19(16)22)17-11-5-8-14-20(17)22/h3-14,21,24H,2H2,1H3. The lowest BCUT2D eigenvalue weighted by Crippen LogP contribution is -2.53. The van der Waals surface area contributed by atoms with Gasteiger partial charge in [0.05, 0.1) is 0 Å². The van der Waals surface area contributed by atoms with Crippen molar-refractivity contribution in [3.05, 3.63) is 106 Å². The molecule has 0 saturated carbocycles. The molecule has 0 heterocycles. The fourth-order valence-corrected chi connectivity index (χ4v) is 4.83. The van der Waals surface area contributed by atoms with Gasteiger partial charge in [-0.25, -0.2) is 0 Å². The van der Waals surface area contributed by atoms with E-state index in [1.165, 1.54) is 38.4 Å². The minimum Gasteiger partial charge on any atom is -0.312 e. The van der Waals surface area contributed by atoms with E-state index in [1.54, 1.807) is 0 Å². The Hall–Kier alpha value is -2.42. The van der Waals surface area contributed by atoms with Gasteiger partial charge in [-0.15, -0.1) is 0 Å². The van der Waals surface area contributed by atoms with Crippen molar-refractivity contribution >= 4 is 0 Å². The molecule has 0 radical (unpaired) electrons. The highest BCUT2D eigenvalue weighted by Gasteiger charge is 2.54. The summed E-state index contributed by atoms with van der Waals surface area (Å²) in [4.78, 5) is 0. The van der Waals surface area contributed by atoms with Crippen LogP contribution in [0.3, 0.4) is 0 Å². The molecule has 2 bridgehead atoms. The fourth-order valence-electron chi connectivity index (χ4n) is 4.83. The van der Waals surface area contributed by atoms with E-state index in [0.717, 1.165) is 0 Å². The first-order valence-electron chi connectivity index (χ1n) is 8.55. The molecule has 0 spiro atoms. The van der Waals surface area contributed by atoms with Crippen LogP contribution in [0.4, 0.5) is 0 Å². The SMILES string of the molecule is CCN(O)C12c3ccccc3C(c3ccccc31)c1ccccc12. The van der Waals surface area contributed by atoms with Gasteiger partial charge in [0.25, 0.3) is 0 Å². The van der Waals surface area contributed by atoms with Crippen molar-refractivity contribution in [2.24, 2.45) is 0 Å². The predicted octanol–water partition coefficient (Wildman–Crippen LogP) is 4.50. The van der Waals surface area contributed by atoms with Crippen molar-refractivity contribution in [3.8, 4) is 0 Å². The maximum atomic E-state index is 11.1. The smallest absolute Gasteiger partial charge is 0.122 e. The van der Waals surface area contributed by atoms with Crippen LogP contribution >= 0.6 is 0 Å². The topological polar surface area (TPSA) is 23.5 Å². The van der Waals surface area contributed by atoms with Crippen molar-refractivity contribution in [2.75, 3.05) is 6.54 Å². The third-order valence-electron chi connectivity index (χ3n) is 5.67. The van der Waals surface area contributed by atoms with Gasteiger partial charge in [0, 0.05) is 12.5 Å². The molecule has 2 nitrogen and oxygen atoms in total. The maximum absolute atomic E-state index is 11.1. The molecule has 0 amide bonds. The largest absolute Gasteiger partial charge is 0.312 e. The van der Waals surface area contributed by atoms with Gasteiger partial charge in [-0.2, -0.15) is 5.06 Å². The maximum Gasteiger partial charge on any atom is 0.122 e. The van der Waals surface area contributed by atoms with Gasteiger partial charge in [0.15, 0.2) is 0 Å². The van der Waals surface area contributed by atoms with E-state index < -0.39 is 5.54 Å². The first kappa shape index (κ1) is 14.0. The number of rotatable bonds is 2. The quantitative estimate of drug-likeness (QED) is 0.704. The zero-order valence-electron chi connectivity index (χ0n) is 13.6. The fraction of sp³-hybridized carbons (Fsp3) is 0.182. The highest BCUT2D eigenvalue weighted by Crippen LogP contribution is 2.59. The molecule has 118 valence electrons. The Morgan fingerprint density at radius 2 is 1.12 bits per heavy atom. The first-order chi connectivity index (χ1) is 11.8. The van der Waals surface area contributed by atoms with Crippen LogP contribution in [0.15, 0.2) is 72.8 Å². The second-order valence-electron chi connectivity index (χ2n) is 6.62. The van der Waals surface area contributed by atoms with Crippen molar-refractivity contribution in [1.29, 1.82) is 0 Å². The molecular formula is C22H19NO. The average molecular weight is 313 g/mol. The Labute approximate surface area is 142 Å². The van der Waals surface area contributed by atoms with Crippen LogP contribution in [-0.4, -0.2) is 16.8 Å². The number of hydrogen-bond acceptors (Lipinski definition) is 2. The van der Waals surface area contributed by atoms with Crippen LogP contribution in [-0.2, 0) is 5.54 Å². The van der Waals surface area contributed by atoms with E-state index in [-0.39, 0.29) is 5.92 Å². The van der Waals surface area contributed by atoms with Crippen LogP contribution in [0.1, 0.15) is 46.2 Å². The summed E-state index contributed by atoms with van der Waals surface area (Å²) < 4.78 is 0. The number of benzene rings is 3. The molecule has 6 rings (SSSR count). The average Bonchev–Trinajstić information content (AvgIpc) is 2.67. The first-order valence-corrected chi connectivity index (χ1v) is 8.55. The summed E-state index contributed by atoms with van der Waals surface area (Å²) in [5.74, 6) is 0.251. The van der Waals surface area contributed by atoms with Crippen molar-refractivity contribution in [2.45, 2.75) is 18.4 Å². The zero-order chi connectivity index (χ0) is 16.3. The lowest BCUT2D eigenvalue weighted by Gasteiger charge is -2.53. The summed E-state index contributed by atoms with van der Waals surface area (Å²) in [7, 11) is 0. The second-order valence-corrected chi connectivity index (χ2v) is 6.62. The minimum absolute atomic E-state index is 0.251.